The molecule has 71 heavy (non-hydrogen) atoms. The Labute approximate surface area is 406 Å². The number of benzene rings is 10. The minimum absolute atomic E-state index is 0.137. The second kappa shape index (κ2) is 15.5. The fraction of sp³-hybridized carbons (Fsp3) is 0. The van der Waals surface area contributed by atoms with Crippen molar-refractivity contribution in [3.8, 4) is 34.4 Å². The fourth-order valence-electron chi connectivity index (χ4n) is 11.2. The zero-order valence-corrected chi connectivity index (χ0v) is 38.1. The van der Waals surface area contributed by atoms with E-state index in [-0.39, 0.29) is 6.71 Å². The van der Waals surface area contributed by atoms with Crippen molar-refractivity contribution in [2.45, 2.75) is 0 Å². The van der Waals surface area contributed by atoms with Gasteiger partial charge in [-0.3, -0.25) is 4.57 Å². The Morgan fingerprint density at radius 2 is 0.831 bits per heavy atom. The number of nitrogens with zero attached hydrogens (tertiary/aromatic N) is 5. The normalized spacial score (nSPS) is 11.9. The molecule has 8 heteroatoms. The molecule has 0 fully saturated rings. The van der Waals surface area contributed by atoms with E-state index in [0.717, 1.165) is 104 Å². The highest BCUT2D eigenvalue weighted by molar-refractivity contribution is 6.95. The third kappa shape index (κ3) is 6.14. The summed E-state index contributed by atoms with van der Waals surface area (Å²) in [5.74, 6) is 1.78. The van der Waals surface area contributed by atoms with Crippen LogP contribution in [0.2, 0.25) is 0 Å². The molecule has 0 unspecified atom stereocenters. The first-order valence-electron chi connectivity index (χ1n) is 24.0. The number of furan rings is 2. The summed E-state index contributed by atoms with van der Waals surface area (Å²) in [5, 5.41) is 8.97. The van der Waals surface area contributed by atoms with Gasteiger partial charge in [0.05, 0.1) is 22.1 Å². The van der Waals surface area contributed by atoms with Crippen LogP contribution >= 0.6 is 0 Å². The van der Waals surface area contributed by atoms with Gasteiger partial charge in [0.2, 0.25) is 12.7 Å². The van der Waals surface area contributed by atoms with Crippen molar-refractivity contribution in [1.29, 1.82) is 0 Å². The first-order chi connectivity index (χ1) is 35.2. The van der Waals surface area contributed by atoms with Gasteiger partial charge in [0.1, 0.15) is 22.3 Å². The summed E-state index contributed by atoms with van der Waals surface area (Å²) < 4.78 is 17.4. The molecular weight excluding hydrogens is 870 g/mol. The van der Waals surface area contributed by atoms with Crippen LogP contribution in [0.3, 0.4) is 0 Å². The highest BCUT2D eigenvalue weighted by Gasteiger charge is 2.27. The van der Waals surface area contributed by atoms with Crippen molar-refractivity contribution in [1.82, 2.24) is 24.1 Å². The predicted octanol–water partition coefficient (Wildman–Crippen LogP) is 13.7. The third-order valence-corrected chi connectivity index (χ3v) is 14.3. The van der Waals surface area contributed by atoms with E-state index >= 15 is 0 Å². The first kappa shape index (κ1) is 39.5. The van der Waals surface area contributed by atoms with Crippen LogP contribution < -0.4 is 16.4 Å². The molecule has 0 N–H and O–H groups in total. The molecule has 0 aliphatic heterocycles. The van der Waals surface area contributed by atoms with Crippen LogP contribution in [0.4, 0.5) is 0 Å². The van der Waals surface area contributed by atoms with Crippen molar-refractivity contribution < 1.29 is 8.83 Å². The van der Waals surface area contributed by atoms with Crippen LogP contribution in [0.1, 0.15) is 0 Å². The van der Waals surface area contributed by atoms with Crippen molar-refractivity contribution in [2.75, 3.05) is 0 Å². The molecule has 7 nitrogen and oxygen atoms in total. The van der Waals surface area contributed by atoms with Gasteiger partial charge >= 0.3 is 0 Å². The molecule has 0 saturated carbocycles. The van der Waals surface area contributed by atoms with Gasteiger partial charge in [0.25, 0.3) is 0 Å². The zero-order valence-electron chi connectivity index (χ0n) is 38.1. The number of para-hydroxylation sites is 4. The van der Waals surface area contributed by atoms with Crippen molar-refractivity contribution in [3.05, 3.63) is 231 Å². The number of rotatable bonds is 7. The third-order valence-electron chi connectivity index (χ3n) is 14.3. The highest BCUT2D eigenvalue weighted by atomic mass is 16.3. The average Bonchev–Trinajstić information content (AvgIpc) is 4.19. The lowest BCUT2D eigenvalue weighted by Gasteiger charge is -2.18. The molecule has 15 rings (SSSR count). The second-order valence-electron chi connectivity index (χ2n) is 18.3. The van der Waals surface area contributed by atoms with Gasteiger partial charge in [-0.05, 0) is 54.6 Å². The zero-order chi connectivity index (χ0) is 46.6. The number of hydrogen-bond acceptors (Lipinski definition) is 5. The summed E-state index contributed by atoms with van der Waals surface area (Å²) in [5.41, 5.74) is 14.2. The lowest BCUT2D eigenvalue weighted by molar-refractivity contribution is 0.668. The molecule has 0 aliphatic rings. The standard InChI is InChI=1S/C63H38BN5O2/c1-3-16-39(17-4-1)61-65-62(40-18-5-2-6-19-40)67-63(66-61)69-53-27-12-8-25-49(53)59-54(69)33-32-48-45-22-7-11-26-52(45)68(60(48)59)44-21-15-20-41(36-44)64(42-30-34-57-50(37-42)46-23-9-13-28-55(46)70-57)43-31-35-58-51(38-43)47-24-10-14-29-56(47)71-58/h1-38H. The lowest BCUT2D eigenvalue weighted by Crippen LogP contribution is -2.52. The van der Waals surface area contributed by atoms with E-state index in [1.165, 1.54) is 16.3 Å². The summed E-state index contributed by atoms with van der Waals surface area (Å²) >= 11 is 0. The molecule has 330 valence electrons. The fourth-order valence-corrected chi connectivity index (χ4v) is 11.2. The molecule has 0 amide bonds. The van der Waals surface area contributed by atoms with Gasteiger partial charge in [0.15, 0.2) is 11.6 Å². The van der Waals surface area contributed by atoms with Crippen LogP contribution in [-0.4, -0.2) is 30.8 Å². The van der Waals surface area contributed by atoms with Gasteiger partial charge in [-0.1, -0.05) is 192 Å². The van der Waals surface area contributed by atoms with Crippen molar-refractivity contribution in [3.63, 3.8) is 0 Å². The van der Waals surface area contributed by atoms with Crippen LogP contribution in [0.25, 0.3) is 122 Å². The number of aromatic nitrogens is 5. The number of hydrogen-bond donors (Lipinski definition) is 0. The maximum Gasteiger partial charge on any atom is 0.241 e. The van der Waals surface area contributed by atoms with E-state index in [2.05, 4.69) is 179 Å². The van der Waals surface area contributed by atoms with Crippen molar-refractivity contribution >= 4 is 111 Å². The van der Waals surface area contributed by atoms with Crippen LogP contribution in [-0.2, 0) is 0 Å². The molecule has 0 aliphatic carbocycles. The molecule has 5 aromatic heterocycles. The van der Waals surface area contributed by atoms with Gasteiger partial charge in [0, 0.05) is 59.9 Å². The minimum Gasteiger partial charge on any atom is -0.456 e. The van der Waals surface area contributed by atoms with E-state index in [4.69, 9.17) is 23.8 Å². The SMILES string of the molecule is c1ccc(-c2nc(-c3ccccc3)nc(-n3c4ccccc4c4c3ccc3c5ccccc5n(-c5cccc(B(c6ccc7oc8ccccc8c7c6)c6ccc7oc8ccccc8c7c6)c5)c34)n2)cc1. The molecule has 0 radical (unpaired) electrons. The summed E-state index contributed by atoms with van der Waals surface area (Å²) in [7, 11) is 0. The Kier molecular flexibility index (Phi) is 8.62. The lowest BCUT2D eigenvalue weighted by atomic mass is 9.36. The van der Waals surface area contributed by atoms with Crippen LogP contribution in [0.5, 0.6) is 0 Å². The Morgan fingerprint density at radius 1 is 0.324 bits per heavy atom. The number of fused-ring (bicyclic) bond motifs is 13. The molecule has 0 saturated heterocycles. The molecular formula is C63H38BN5O2. The first-order valence-corrected chi connectivity index (χ1v) is 24.0. The average molecular weight is 908 g/mol. The van der Waals surface area contributed by atoms with Gasteiger partial charge in [-0.25, -0.2) is 4.98 Å². The second-order valence-corrected chi connectivity index (χ2v) is 18.3. The molecule has 0 bridgehead atoms. The van der Waals surface area contributed by atoms with Crippen LogP contribution in [0, 0.1) is 0 Å². The van der Waals surface area contributed by atoms with Gasteiger partial charge < -0.3 is 13.4 Å². The maximum absolute atomic E-state index is 6.36. The topological polar surface area (TPSA) is 74.8 Å². The van der Waals surface area contributed by atoms with Crippen LogP contribution in [0.15, 0.2) is 239 Å². The van der Waals surface area contributed by atoms with E-state index in [1.54, 1.807) is 0 Å². The molecule has 0 spiro atoms. The van der Waals surface area contributed by atoms with Gasteiger partial charge in [-0.15, -0.1) is 0 Å². The van der Waals surface area contributed by atoms with E-state index < -0.39 is 0 Å². The van der Waals surface area contributed by atoms with E-state index in [1.807, 2.05) is 60.7 Å². The molecule has 0 atom stereocenters. The van der Waals surface area contributed by atoms with Crippen molar-refractivity contribution in [2.24, 2.45) is 0 Å². The van der Waals surface area contributed by atoms with E-state index in [9.17, 15) is 0 Å². The Hall–Kier alpha value is -9.53. The quantitative estimate of drug-likeness (QED) is 0.149. The summed E-state index contributed by atoms with van der Waals surface area (Å²) in [6.07, 6.45) is 0. The van der Waals surface area contributed by atoms with E-state index in [0.29, 0.717) is 17.6 Å². The molecule has 5 heterocycles. The Bertz CT molecular complexity index is 4440. The Morgan fingerprint density at radius 3 is 1.45 bits per heavy atom. The largest absolute Gasteiger partial charge is 0.456 e. The van der Waals surface area contributed by atoms with Gasteiger partial charge in [-0.2, -0.15) is 9.97 Å². The predicted molar refractivity (Wildman–Crippen MR) is 291 cm³/mol. The summed E-state index contributed by atoms with van der Waals surface area (Å²) in [6.45, 7) is -0.137. The monoisotopic (exact) mass is 907 g/mol. The summed E-state index contributed by atoms with van der Waals surface area (Å²) in [4.78, 5) is 15.5. The molecule has 15 aromatic rings. The smallest absolute Gasteiger partial charge is 0.241 e. The highest BCUT2D eigenvalue weighted by Crippen LogP contribution is 2.42. The Balaban J connectivity index is 0.984. The molecule has 10 aromatic carbocycles. The minimum atomic E-state index is -0.137. The maximum atomic E-state index is 6.36. The summed E-state index contributed by atoms with van der Waals surface area (Å²) in [6, 6.07) is 81.3.